The highest BCUT2D eigenvalue weighted by atomic mass is 32.2. The van der Waals surface area contributed by atoms with Crippen LogP contribution in [-0.4, -0.2) is 44.4 Å². The fourth-order valence-corrected chi connectivity index (χ4v) is 6.76. The first kappa shape index (κ1) is 27.5. The van der Waals surface area contributed by atoms with Crippen LogP contribution in [0.3, 0.4) is 0 Å². The number of methoxy groups -OCH3 is 1. The van der Waals surface area contributed by atoms with Crippen LogP contribution in [0.15, 0.2) is 71.8 Å². The van der Waals surface area contributed by atoms with Gasteiger partial charge in [0.25, 0.3) is 0 Å². The average molecular weight is 563 g/mol. The van der Waals surface area contributed by atoms with E-state index < -0.39 is 15.3 Å². The number of para-hydroxylation sites is 1. The van der Waals surface area contributed by atoms with Crippen LogP contribution < -0.4 is 20.8 Å². The number of hydrogen-bond acceptors (Lipinski definition) is 8. The Labute approximate surface area is 234 Å². The number of amides is 1. The van der Waals surface area contributed by atoms with Crippen LogP contribution in [0.2, 0.25) is 0 Å². The van der Waals surface area contributed by atoms with Gasteiger partial charge in [-0.05, 0) is 60.4 Å². The Hall–Kier alpha value is -4.02. The zero-order valence-corrected chi connectivity index (χ0v) is 23.7. The summed E-state index contributed by atoms with van der Waals surface area (Å²) < 4.78 is 31.8. The number of nitrogens with two attached hydrogens (primary N) is 1. The molecule has 0 saturated heterocycles. The van der Waals surface area contributed by atoms with E-state index in [1.54, 1.807) is 18.9 Å². The first-order chi connectivity index (χ1) is 19.1. The number of ether oxygens (including phenoxy) is 1. The van der Waals surface area contributed by atoms with Crippen LogP contribution in [0.4, 0.5) is 11.4 Å². The van der Waals surface area contributed by atoms with Crippen LogP contribution in [0, 0.1) is 0 Å². The molecule has 1 saturated carbocycles. The number of nitrogens with one attached hydrogen (secondary N) is 1. The van der Waals surface area contributed by atoms with Gasteiger partial charge in [0.05, 0.1) is 36.2 Å². The fraction of sp³-hybridized carbons (Fsp3) is 0.300. The second-order valence-corrected chi connectivity index (χ2v) is 12.4. The number of phenolic OH excluding ortho intramolecular Hbond substituents is 1. The first-order valence-electron chi connectivity index (χ1n) is 13.2. The highest BCUT2D eigenvalue weighted by molar-refractivity contribution is 7.95. The molecule has 1 heterocycles. The summed E-state index contributed by atoms with van der Waals surface area (Å²) in [7, 11) is -0.728. The minimum atomic E-state index is -3.79. The van der Waals surface area contributed by atoms with Gasteiger partial charge in [0, 0.05) is 18.3 Å². The SMILES string of the molecule is CCS(=O)(=O)/C(=C(/Nc1ccccc1)c1cc(O)c2c(c1)C1(CCC1)C(=O)N2Cc1ccc(OC)cc1)N(C)N. The number of fused-ring (bicyclic) bond motifs is 2. The molecule has 0 aromatic heterocycles. The zero-order chi connectivity index (χ0) is 28.7. The van der Waals surface area contributed by atoms with Crippen molar-refractivity contribution in [3.05, 3.63) is 88.4 Å². The van der Waals surface area contributed by atoms with E-state index in [1.807, 2.05) is 60.7 Å². The average Bonchev–Trinajstić information content (AvgIpc) is 3.17. The maximum Gasteiger partial charge on any atom is 0.238 e. The Morgan fingerprint density at radius 2 is 1.80 bits per heavy atom. The molecule has 210 valence electrons. The minimum absolute atomic E-state index is 0.0593. The summed E-state index contributed by atoms with van der Waals surface area (Å²) in [5.74, 6) is 6.49. The molecule has 4 N–H and O–H groups in total. The van der Waals surface area contributed by atoms with Gasteiger partial charge in [0.1, 0.15) is 11.5 Å². The lowest BCUT2D eigenvalue weighted by Crippen LogP contribution is -2.44. The minimum Gasteiger partial charge on any atom is -0.506 e. The van der Waals surface area contributed by atoms with E-state index in [0.717, 1.165) is 17.0 Å². The standard InChI is InChI=1S/C30H34N4O5S/c1-4-40(37,38)28(33(2)31)26(32-22-9-6-5-7-10-22)21-17-24-27(25(35)18-21)34(29(36)30(24)15-8-16-30)19-20-11-13-23(39-3)14-12-20/h5-7,9-14,17-18,32,35H,4,8,15-16,19,31H2,1-3H3/b28-26+. The van der Waals surface area contributed by atoms with E-state index in [1.165, 1.54) is 13.1 Å². The molecule has 5 rings (SSSR count). The number of phenols is 1. The van der Waals surface area contributed by atoms with E-state index in [2.05, 4.69) is 5.32 Å². The fourth-order valence-electron chi connectivity index (χ4n) is 5.57. The van der Waals surface area contributed by atoms with Crippen LogP contribution in [0.1, 0.15) is 42.9 Å². The molecule has 3 aromatic rings. The van der Waals surface area contributed by atoms with Gasteiger partial charge < -0.3 is 25.1 Å². The zero-order valence-electron chi connectivity index (χ0n) is 22.8. The number of hydrogen-bond donors (Lipinski definition) is 3. The number of hydrazine groups is 1. The van der Waals surface area contributed by atoms with Crippen molar-refractivity contribution in [2.45, 2.75) is 38.1 Å². The molecule has 0 radical (unpaired) electrons. The normalized spacial score (nSPS) is 16.3. The molecule has 1 spiro atoms. The summed E-state index contributed by atoms with van der Waals surface area (Å²) in [6, 6.07) is 20.0. The topological polar surface area (TPSA) is 125 Å². The van der Waals surface area contributed by atoms with Crippen LogP contribution in [-0.2, 0) is 26.6 Å². The second kappa shape index (κ2) is 10.5. The lowest BCUT2D eigenvalue weighted by atomic mass is 9.65. The van der Waals surface area contributed by atoms with Gasteiger partial charge in [-0.25, -0.2) is 14.3 Å². The molecule has 1 aliphatic heterocycles. The van der Waals surface area contributed by atoms with Crippen molar-refractivity contribution in [2.75, 3.05) is 30.1 Å². The van der Waals surface area contributed by atoms with Gasteiger partial charge in [0.15, 0.2) is 14.9 Å². The van der Waals surface area contributed by atoms with Gasteiger partial charge in [-0.15, -0.1) is 0 Å². The first-order valence-corrected chi connectivity index (χ1v) is 14.9. The van der Waals surface area contributed by atoms with E-state index in [9.17, 15) is 18.3 Å². The number of aromatic hydroxyl groups is 1. The van der Waals surface area contributed by atoms with Crippen molar-refractivity contribution < 1.29 is 23.1 Å². The maximum absolute atomic E-state index is 13.9. The molecule has 2 aliphatic rings. The van der Waals surface area contributed by atoms with Gasteiger partial charge >= 0.3 is 0 Å². The molecule has 10 heteroatoms. The van der Waals surface area contributed by atoms with Gasteiger partial charge in [-0.2, -0.15) is 0 Å². The number of nitrogens with zero attached hydrogens (tertiary/aromatic N) is 2. The molecule has 0 bridgehead atoms. The van der Waals surface area contributed by atoms with Crippen LogP contribution in [0.25, 0.3) is 5.70 Å². The summed E-state index contributed by atoms with van der Waals surface area (Å²) in [5, 5.41) is 15.6. The number of carbonyl (C=O) groups is 1. The van der Waals surface area contributed by atoms with Crippen molar-refractivity contribution in [1.82, 2.24) is 5.01 Å². The van der Waals surface area contributed by atoms with Crippen molar-refractivity contribution in [1.29, 1.82) is 0 Å². The third-order valence-corrected chi connectivity index (χ3v) is 9.62. The molecule has 0 atom stereocenters. The molecular formula is C30H34N4O5S. The van der Waals surface area contributed by atoms with Crippen molar-refractivity contribution in [2.24, 2.45) is 5.84 Å². The van der Waals surface area contributed by atoms with E-state index >= 15 is 0 Å². The lowest BCUT2D eigenvalue weighted by molar-refractivity contribution is -0.126. The molecule has 1 fully saturated rings. The number of benzene rings is 3. The summed E-state index contributed by atoms with van der Waals surface area (Å²) in [4.78, 5) is 15.5. The monoisotopic (exact) mass is 562 g/mol. The summed E-state index contributed by atoms with van der Waals surface area (Å²) in [6.07, 6.45) is 2.20. The number of rotatable bonds is 9. The highest BCUT2D eigenvalue weighted by Crippen LogP contribution is 2.57. The third kappa shape index (κ3) is 4.67. The van der Waals surface area contributed by atoms with Gasteiger partial charge in [0.2, 0.25) is 5.91 Å². The Morgan fingerprint density at radius 3 is 2.35 bits per heavy atom. The Bertz CT molecular complexity index is 1560. The maximum atomic E-state index is 13.9. The summed E-state index contributed by atoms with van der Waals surface area (Å²) in [6.45, 7) is 1.84. The predicted octanol–water partition coefficient (Wildman–Crippen LogP) is 4.35. The third-order valence-electron chi connectivity index (χ3n) is 7.78. The Morgan fingerprint density at radius 1 is 1.12 bits per heavy atom. The van der Waals surface area contributed by atoms with Crippen LogP contribution >= 0.6 is 0 Å². The van der Waals surface area contributed by atoms with E-state index in [4.69, 9.17) is 10.6 Å². The lowest BCUT2D eigenvalue weighted by Gasteiger charge is -2.37. The molecule has 40 heavy (non-hydrogen) atoms. The predicted molar refractivity (Wildman–Crippen MR) is 156 cm³/mol. The summed E-state index contributed by atoms with van der Waals surface area (Å²) >= 11 is 0. The Kier molecular flexibility index (Phi) is 7.24. The van der Waals surface area contributed by atoms with Crippen molar-refractivity contribution in [3.8, 4) is 11.5 Å². The van der Waals surface area contributed by atoms with Crippen molar-refractivity contribution in [3.63, 3.8) is 0 Å². The smallest absolute Gasteiger partial charge is 0.238 e. The molecule has 1 amide bonds. The quantitative estimate of drug-likeness (QED) is 0.260. The molecule has 0 unspecified atom stereocenters. The molecule has 3 aromatic carbocycles. The molecule has 1 aliphatic carbocycles. The Balaban J connectivity index is 1.68. The van der Waals surface area contributed by atoms with Crippen molar-refractivity contribution >= 4 is 32.8 Å². The van der Waals surface area contributed by atoms with Crippen LogP contribution in [0.5, 0.6) is 11.5 Å². The largest absolute Gasteiger partial charge is 0.506 e. The second-order valence-electron chi connectivity index (χ2n) is 10.3. The highest BCUT2D eigenvalue weighted by Gasteiger charge is 2.55. The van der Waals surface area contributed by atoms with E-state index in [-0.39, 0.29) is 34.7 Å². The van der Waals surface area contributed by atoms with Gasteiger partial charge in [-0.3, -0.25) is 4.79 Å². The number of carbonyl (C=O) groups excluding carboxylic acids is 1. The van der Waals surface area contributed by atoms with E-state index in [0.29, 0.717) is 41.1 Å². The molecule has 9 nitrogen and oxygen atoms in total. The molecular weight excluding hydrogens is 528 g/mol. The number of sulfone groups is 1. The number of anilines is 2. The van der Waals surface area contributed by atoms with Gasteiger partial charge in [-0.1, -0.05) is 43.7 Å². The summed E-state index contributed by atoms with van der Waals surface area (Å²) in [5.41, 5.74) is 2.61.